The standard InChI is InChI=1S/C20H19F2N5O/c21-16-2-1-3-17(22)18(16)19-15(12-24-25-19)13-26-8-10-27(11-9-26)20(28)14-4-6-23-7-5-14/h1-7,12H,8-11,13H2,(H,24,25). The first-order valence-corrected chi connectivity index (χ1v) is 9.02. The van der Waals surface area contributed by atoms with Crippen molar-refractivity contribution in [3.05, 3.63) is 71.7 Å². The van der Waals surface area contributed by atoms with Gasteiger partial charge in [0.1, 0.15) is 11.6 Å². The fourth-order valence-electron chi connectivity index (χ4n) is 3.41. The summed E-state index contributed by atoms with van der Waals surface area (Å²) in [7, 11) is 0. The molecule has 0 atom stereocenters. The molecule has 0 saturated carbocycles. The SMILES string of the molecule is O=C(c1ccncc1)N1CCN(Cc2cn[nH]c2-c2c(F)cccc2F)CC1. The molecule has 1 fully saturated rings. The summed E-state index contributed by atoms with van der Waals surface area (Å²) in [5.74, 6) is -1.27. The zero-order chi connectivity index (χ0) is 19.5. The van der Waals surface area contributed by atoms with Gasteiger partial charge in [0.15, 0.2) is 0 Å². The Bertz CT molecular complexity index is 947. The molecule has 1 aromatic carbocycles. The molecule has 3 aromatic rings. The third-order valence-corrected chi connectivity index (χ3v) is 4.91. The van der Waals surface area contributed by atoms with Crippen LogP contribution in [0.15, 0.2) is 48.9 Å². The quantitative estimate of drug-likeness (QED) is 0.752. The number of aromatic amines is 1. The number of H-pyrrole nitrogens is 1. The Morgan fingerprint density at radius 1 is 1.04 bits per heavy atom. The lowest BCUT2D eigenvalue weighted by Gasteiger charge is -2.34. The van der Waals surface area contributed by atoms with Crippen molar-refractivity contribution in [1.29, 1.82) is 0 Å². The summed E-state index contributed by atoms with van der Waals surface area (Å²) in [6.45, 7) is 3.00. The van der Waals surface area contributed by atoms with Crippen molar-refractivity contribution in [2.75, 3.05) is 26.2 Å². The zero-order valence-electron chi connectivity index (χ0n) is 15.1. The molecule has 0 spiro atoms. The van der Waals surface area contributed by atoms with Gasteiger partial charge in [-0.05, 0) is 24.3 Å². The molecular weight excluding hydrogens is 364 g/mol. The van der Waals surface area contributed by atoms with Crippen molar-refractivity contribution in [1.82, 2.24) is 25.0 Å². The number of pyridine rings is 1. The van der Waals surface area contributed by atoms with E-state index in [0.717, 1.165) is 5.56 Å². The van der Waals surface area contributed by atoms with E-state index in [1.807, 2.05) is 0 Å². The third kappa shape index (κ3) is 3.63. The van der Waals surface area contributed by atoms with E-state index in [1.165, 1.54) is 18.2 Å². The maximum absolute atomic E-state index is 14.1. The van der Waals surface area contributed by atoms with E-state index >= 15 is 0 Å². The molecule has 2 aromatic heterocycles. The average molecular weight is 383 g/mol. The summed E-state index contributed by atoms with van der Waals surface area (Å²) < 4.78 is 28.2. The molecule has 0 bridgehead atoms. The predicted molar refractivity (Wildman–Crippen MR) is 99.4 cm³/mol. The van der Waals surface area contributed by atoms with E-state index in [9.17, 15) is 13.6 Å². The van der Waals surface area contributed by atoms with Crippen LogP contribution in [-0.2, 0) is 6.54 Å². The fraction of sp³-hybridized carbons (Fsp3) is 0.250. The van der Waals surface area contributed by atoms with E-state index in [2.05, 4.69) is 20.1 Å². The van der Waals surface area contributed by atoms with Gasteiger partial charge in [0.25, 0.3) is 5.91 Å². The summed E-state index contributed by atoms with van der Waals surface area (Å²) in [5, 5.41) is 6.69. The van der Waals surface area contributed by atoms with E-state index in [1.54, 1.807) is 35.6 Å². The maximum Gasteiger partial charge on any atom is 0.254 e. The van der Waals surface area contributed by atoms with Crippen LogP contribution < -0.4 is 0 Å². The summed E-state index contributed by atoms with van der Waals surface area (Å²) in [5.41, 5.74) is 1.60. The van der Waals surface area contributed by atoms with Gasteiger partial charge in [-0.3, -0.25) is 19.8 Å². The Labute approximate surface area is 160 Å². The summed E-state index contributed by atoms with van der Waals surface area (Å²) in [6, 6.07) is 7.20. The number of benzene rings is 1. The van der Waals surface area contributed by atoms with Gasteiger partial charge in [-0.25, -0.2) is 8.78 Å². The second-order valence-electron chi connectivity index (χ2n) is 6.67. The second-order valence-corrected chi connectivity index (χ2v) is 6.67. The van der Waals surface area contributed by atoms with Gasteiger partial charge < -0.3 is 4.90 Å². The number of rotatable bonds is 4. The van der Waals surface area contributed by atoms with Crippen LogP contribution in [0.1, 0.15) is 15.9 Å². The summed E-state index contributed by atoms with van der Waals surface area (Å²) in [4.78, 5) is 20.4. The zero-order valence-corrected chi connectivity index (χ0v) is 15.1. The van der Waals surface area contributed by atoms with Gasteiger partial charge in [-0.2, -0.15) is 5.10 Å². The number of hydrogen-bond donors (Lipinski definition) is 1. The number of carbonyl (C=O) groups excluding carboxylic acids is 1. The Morgan fingerprint density at radius 3 is 2.39 bits per heavy atom. The molecule has 0 aliphatic carbocycles. The highest BCUT2D eigenvalue weighted by atomic mass is 19.1. The molecule has 1 N–H and O–H groups in total. The van der Waals surface area contributed by atoms with Gasteiger partial charge in [0, 0.05) is 56.2 Å². The second kappa shape index (κ2) is 7.85. The first kappa shape index (κ1) is 18.2. The minimum Gasteiger partial charge on any atom is -0.336 e. The van der Waals surface area contributed by atoms with E-state index in [-0.39, 0.29) is 11.5 Å². The normalized spacial score (nSPS) is 15.0. The maximum atomic E-state index is 14.1. The van der Waals surface area contributed by atoms with Crippen molar-refractivity contribution >= 4 is 5.91 Å². The number of amides is 1. The van der Waals surface area contributed by atoms with Crippen LogP contribution in [0.4, 0.5) is 8.78 Å². The van der Waals surface area contributed by atoms with Gasteiger partial charge >= 0.3 is 0 Å². The summed E-state index contributed by atoms with van der Waals surface area (Å²) in [6.07, 6.45) is 4.80. The Hall–Kier alpha value is -3.13. The number of nitrogens with one attached hydrogen (secondary N) is 1. The van der Waals surface area contributed by atoms with Crippen LogP contribution in [0.3, 0.4) is 0 Å². The van der Waals surface area contributed by atoms with Crippen LogP contribution in [-0.4, -0.2) is 57.1 Å². The van der Waals surface area contributed by atoms with Crippen LogP contribution in [0.5, 0.6) is 0 Å². The van der Waals surface area contributed by atoms with Crippen molar-refractivity contribution in [3.8, 4) is 11.3 Å². The van der Waals surface area contributed by atoms with Crippen LogP contribution in [0.25, 0.3) is 11.3 Å². The van der Waals surface area contributed by atoms with Crippen molar-refractivity contribution < 1.29 is 13.6 Å². The smallest absolute Gasteiger partial charge is 0.254 e. The molecule has 28 heavy (non-hydrogen) atoms. The number of piperazine rings is 1. The first-order valence-electron chi connectivity index (χ1n) is 9.02. The van der Waals surface area contributed by atoms with Crippen molar-refractivity contribution in [2.45, 2.75) is 6.54 Å². The molecule has 8 heteroatoms. The lowest BCUT2D eigenvalue weighted by atomic mass is 10.1. The minimum absolute atomic E-state index is 0.0144. The predicted octanol–water partition coefficient (Wildman–Crippen LogP) is 2.71. The number of hydrogen-bond acceptors (Lipinski definition) is 4. The monoisotopic (exact) mass is 383 g/mol. The van der Waals surface area contributed by atoms with E-state index in [0.29, 0.717) is 44.0 Å². The molecule has 1 aliphatic heterocycles. The number of nitrogens with zero attached hydrogens (tertiary/aromatic N) is 4. The Balaban J connectivity index is 1.43. The average Bonchev–Trinajstić information content (AvgIpc) is 3.16. The summed E-state index contributed by atoms with van der Waals surface area (Å²) >= 11 is 0. The minimum atomic E-state index is -0.627. The molecule has 4 rings (SSSR count). The van der Waals surface area contributed by atoms with Crippen LogP contribution in [0, 0.1) is 11.6 Å². The molecule has 3 heterocycles. The van der Waals surface area contributed by atoms with Gasteiger partial charge in [-0.1, -0.05) is 6.07 Å². The number of aromatic nitrogens is 3. The Kier molecular flexibility index (Phi) is 5.12. The highest BCUT2D eigenvalue weighted by Gasteiger charge is 2.24. The topological polar surface area (TPSA) is 65.1 Å². The van der Waals surface area contributed by atoms with Crippen LogP contribution in [0.2, 0.25) is 0 Å². The van der Waals surface area contributed by atoms with Gasteiger partial charge in [-0.15, -0.1) is 0 Å². The van der Waals surface area contributed by atoms with Crippen molar-refractivity contribution in [2.24, 2.45) is 0 Å². The van der Waals surface area contributed by atoms with E-state index in [4.69, 9.17) is 0 Å². The molecular formula is C20H19F2N5O. The Morgan fingerprint density at radius 2 is 1.71 bits per heavy atom. The highest BCUT2D eigenvalue weighted by molar-refractivity contribution is 5.94. The molecule has 1 saturated heterocycles. The molecule has 1 amide bonds. The lowest BCUT2D eigenvalue weighted by molar-refractivity contribution is 0.0628. The van der Waals surface area contributed by atoms with Crippen molar-refractivity contribution in [3.63, 3.8) is 0 Å². The first-order chi connectivity index (χ1) is 13.6. The molecule has 1 aliphatic rings. The highest BCUT2D eigenvalue weighted by Crippen LogP contribution is 2.28. The molecule has 0 unspecified atom stereocenters. The molecule has 0 radical (unpaired) electrons. The molecule has 144 valence electrons. The third-order valence-electron chi connectivity index (χ3n) is 4.91. The largest absolute Gasteiger partial charge is 0.336 e. The van der Waals surface area contributed by atoms with Gasteiger partial charge in [0.2, 0.25) is 0 Å². The lowest BCUT2D eigenvalue weighted by Crippen LogP contribution is -2.48. The van der Waals surface area contributed by atoms with Gasteiger partial charge in [0.05, 0.1) is 17.5 Å². The van der Waals surface area contributed by atoms with Crippen LogP contribution >= 0.6 is 0 Å². The fourth-order valence-corrected chi connectivity index (χ4v) is 3.41. The number of carbonyl (C=O) groups is 1. The molecule has 6 nitrogen and oxygen atoms in total. The van der Waals surface area contributed by atoms with E-state index < -0.39 is 11.6 Å². The number of halogens is 2.